The molecule has 0 radical (unpaired) electrons. The predicted molar refractivity (Wildman–Crippen MR) is 48.9 cm³/mol. The zero-order valence-electron chi connectivity index (χ0n) is 7.33. The lowest BCUT2D eigenvalue weighted by Gasteiger charge is -2.36. The van der Waals surface area contributed by atoms with E-state index in [1.165, 1.54) is 12.4 Å². The maximum Gasteiger partial charge on any atom is 0.305 e. The first-order valence-electron chi connectivity index (χ1n) is 4.14. The van der Waals surface area contributed by atoms with Crippen LogP contribution in [0.5, 0.6) is 0 Å². The summed E-state index contributed by atoms with van der Waals surface area (Å²) in [7, 11) is 0. The third-order valence-electron chi connectivity index (χ3n) is 2.03. The first-order valence-corrected chi connectivity index (χ1v) is 4.14. The van der Waals surface area contributed by atoms with Crippen molar-refractivity contribution in [3.8, 4) is 0 Å². The van der Waals surface area contributed by atoms with Crippen LogP contribution in [-0.4, -0.2) is 34.0 Å². The average molecular weight is 195 g/mol. The van der Waals surface area contributed by atoms with Gasteiger partial charge in [0.1, 0.15) is 12.4 Å². The third-order valence-corrected chi connectivity index (χ3v) is 2.03. The Kier molecular flexibility index (Phi) is 2.01. The molecule has 0 spiro atoms. The summed E-state index contributed by atoms with van der Waals surface area (Å²) in [6.45, 7) is 1.41. The fourth-order valence-corrected chi connectivity index (χ4v) is 1.25. The van der Waals surface area contributed by atoms with Crippen LogP contribution in [0.15, 0.2) is 12.4 Å². The van der Waals surface area contributed by atoms with Gasteiger partial charge in [-0.2, -0.15) is 0 Å². The molecule has 2 N–H and O–H groups in total. The van der Waals surface area contributed by atoms with Crippen LogP contribution in [0.3, 0.4) is 0 Å². The van der Waals surface area contributed by atoms with E-state index in [1.54, 1.807) is 0 Å². The molecule has 0 unspecified atom stereocenters. The number of aromatic nitrogens is 2. The average Bonchev–Trinajstić information content (AvgIpc) is 2.13. The van der Waals surface area contributed by atoms with Gasteiger partial charge in [0.25, 0.3) is 0 Å². The summed E-state index contributed by atoms with van der Waals surface area (Å²) in [5.74, 6) is 0.498. The van der Waals surface area contributed by atoms with Gasteiger partial charge in [0.2, 0.25) is 5.95 Å². The minimum atomic E-state index is -0.522. The second-order valence-electron chi connectivity index (χ2n) is 3.16. The second-order valence-corrected chi connectivity index (χ2v) is 3.16. The SMILES string of the molecule is NC1CN(c2ncc([N+](=O)[O-])cn2)C1. The molecule has 0 aliphatic carbocycles. The first-order chi connectivity index (χ1) is 6.66. The molecule has 7 heteroatoms. The van der Waals surface area contributed by atoms with E-state index in [0.29, 0.717) is 19.0 Å². The van der Waals surface area contributed by atoms with Crippen molar-refractivity contribution >= 4 is 11.6 Å². The van der Waals surface area contributed by atoms with Gasteiger partial charge in [-0.3, -0.25) is 10.1 Å². The van der Waals surface area contributed by atoms with Crippen LogP contribution in [-0.2, 0) is 0 Å². The molecular formula is C7H9N5O2. The Labute approximate surface area is 79.7 Å². The van der Waals surface area contributed by atoms with Crippen LogP contribution in [0.4, 0.5) is 11.6 Å². The van der Waals surface area contributed by atoms with Crippen LogP contribution in [0.2, 0.25) is 0 Å². The molecular weight excluding hydrogens is 186 g/mol. The van der Waals surface area contributed by atoms with Crippen molar-refractivity contribution in [1.82, 2.24) is 9.97 Å². The highest BCUT2D eigenvalue weighted by molar-refractivity contribution is 5.37. The lowest BCUT2D eigenvalue weighted by molar-refractivity contribution is -0.385. The summed E-state index contributed by atoms with van der Waals surface area (Å²) in [5.41, 5.74) is 5.48. The highest BCUT2D eigenvalue weighted by Gasteiger charge is 2.25. The van der Waals surface area contributed by atoms with Crippen LogP contribution >= 0.6 is 0 Å². The molecule has 0 saturated carbocycles. The molecule has 1 aliphatic heterocycles. The Bertz CT molecular complexity index is 346. The minimum Gasteiger partial charge on any atom is -0.338 e. The molecule has 0 aromatic carbocycles. The molecule has 1 aromatic heterocycles. The number of nitrogens with two attached hydrogens (primary N) is 1. The second kappa shape index (κ2) is 3.18. The van der Waals surface area contributed by atoms with Gasteiger partial charge in [0.05, 0.1) is 4.92 Å². The monoisotopic (exact) mass is 195 g/mol. The smallest absolute Gasteiger partial charge is 0.305 e. The summed E-state index contributed by atoms with van der Waals surface area (Å²) >= 11 is 0. The zero-order valence-corrected chi connectivity index (χ0v) is 7.33. The van der Waals surface area contributed by atoms with Gasteiger partial charge in [-0.05, 0) is 0 Å². The highest BCUT2D eigenvalue weighted by Crippen LogP contribution is 2.16. The van der Waals surface area contributed by atoms with Gasteiger partial charge in [-0.1, -0.05) is 0 Å². The van der Waals surface area contributed by atoms with Gasteiger partial charge in [0, 0.05) is 19.1 Å². The van der Waals surface area contributed by atoms with Crippen molar-refractivity contribution in [3.63, 3.8) is 0 Å². The van der Waals surface area contributed by atoms with E-state index in [-0.39, 0.29) is 11.7 Å². The van der Waals surface area contributed by atoms with Crippen molar-refractivity contribution in [2.24, 2.45) is 5.73 Å². The van der Waals surface area contributed by atoms with E-state index in [0.717, 1.165) is 0 Å². The van der Waals surface area contributed by atoms with Crippen molar-refractivity contribution in [2.75, 3.05) is 18.0 Å². The van der Waals surface area contributed by atoms with E-state index in [1.807, 2.05) is 4.90 Å². The lowest BCUT2D eigenvalue weighted by atomic mass is 10.1. The number of anilines is 1. The van der Waals surface area contributed by atoms with Gasteiger partial charge < -0.3 is 10.6 Å². The van der Waals surface area contributed by atoms with Gasteiger partial charge in [0.15, 0.2) is 0 Å². The van der Waals surface area contributed by atoms with E-state index in [2.05, 4.69) is 9.97 Å². The summed E-state index contributed by atoms with van der Waals surface area (Å²) in [4.78, 5) is 19.4. The van der Waals surface area contributed by atoms with Crippen molar-refractivity contribution in [2.45, 2.75) is 6.04 Å². The van der Waals surface area contributed by atoms with Crippen molar-refractivity contribution in [3.05, 3.63) is 22.5 Å². The number of rotatable bonds is 2. The van der Waals surface area contributed by atoms with E-state index in [4.69, 9.17) is 5.73 Å². The van der Waals surface area contributed by atoms with Gasteiger partial charge >= 0.3 is 5.69 Å². The molecule has 2 rings (SSSR count). The lowest BCUT2D eigenvalue weighted by Crippen LogP contribution is -2.56. The number of nitrogens with zero attached hydrogens (tertiary/aromatic N) is 4. The molecule has 1 fully saturated rings. The van der Waals surface area contributed by atoms with E-state index >= 15 is 0 Å². The Balaban J connectivity index is 2.10. The van der Waals surface area contributed by atoms with Crippen molar-refractivity contribution < 1.29 is 4.92 Å². The summed E-state index contributed by atoms with van der Waals surface area (Å²) in [6.07, 6.45) is 2.40. The minimum absolute atomic E-state index is 0.0985. The standard InChI is InChI=1S/C7H9N5O2/c8-5-3-11(4-5)7-9-1-6(2-10-7)12(13)14/h1-2,5H,3-4,8H2. The molecule has 14 heavy (non-hydrogen) atoms. The van der Waals surface area contributed by atoms with Gasteiger partial charge in [-0.15, -0.1) is 0 Å². The predicted octanol–water partition coefficient (Wildman–Crippen LogP) is -0.468. The van der Waals surface area contributed by atoms with Gasteiger partial charge in [-0.25, -0.2) is 9.97 Å². The fraction of sp³-hybridized carbons (Fsp3) is 0.429. The van der Waals surface area contributed by atoms with Crippen LogP contribution in [0.1, 0.15) is 0 Å². The summed E-state index contributed by atoms with van der Waals surface area (Å²) in [5, 5.41) is 10.3. The topological polar surface area (TPSA) is 98.2 Å². The van der Waals surface area contributed by atoms with Crippen LogP contribution < -0.4 is 10.6 Å². The summed E-state index contributed by atoms with van der Waals surface area (Å²) < 4.78 is 0. The first kappa shape index (κ1) is 8.82. The summed E-state index contributed by atoms with van der Waals surface area (Å²) in [6, 6.07) is 0.161. The Morgan fingerprint density at radius 2 is 2.07 bits per heavy atom. The molecule has 0 atom stereocenters. The molecule has 1 aliphatic rings. The highest BCUT2D eigenvalue weighted by atomic mass is 16.6. The Morgan fingerprint density at radius 3 is 2.50 bits per heavy atom. The normalized spacial score (nSPS) is 16.5. The van der Waals surface area contributed by atoms with E-state index in [9.17, 15) is 10.1 Å². The molecule has 2 heterocycles. The van der Waals surface area contributed by atoms with Crippen molar-refractivity contribution in [1.29, 1.82) is 0 Å². The molecule has 1 aromatic rings. The number of hydrogen-bond donors (Lipinski definition) is 1. The molecule has 74 valence electrons. The zero-order chi connectivity index (χ0) is 10.1. The maximum absolute atomic E-state index is 10.3. The van der Waals surface area contributed by atoms with E-state index < -0.39 is 4.92 Å². The number of hydrogen-bond acceptors (Lipinski definition) is 6. The quantitative estimate of drug-likeness (QED) is 0.506. The molecule has 1 saturated heterocycles. The molecule has 0 amide bonds. The van der Waals surface area contributed by atoms with Crippen LogP contribution in [0.25, 0.3) is 0 Å². The number of nitro groups is 1. The third kappa shape index (κ3) is 1.49. The van der Waals surface area contributed by atoms with Crippen LogP contribution in [0, 0.1) is 10.1 Å². The Morgan fingerprint density at radius 1 is 1.50 bits per heavy atom. The maximum atomic E-state index is 10.3. The Hall–Kier alpha value is -1.76. The molecule has 7 nitrogen and oxygen atoms in total. The fourth-order valence-electron chi connectivity index (χ4n) is 1.25. The molecule has 0 bridgehead atoms. The largest absolute Gasteiger partial charge is 0.338 e.